The molecule has 4 nitrogen and oxygen atoms in total. The largest absolute Gasteiger partial charge is 1.00 e. The van der Waals surface area contributed by atoms with Crippen LogP contribution in [-0.2, 0) is 15.0 Å². The summed E-state index contributed by atoms with van der Waals surface area (Å²) in [6.07, 6.45) is 3.26. The van der Waals surface area contributed by atoms with Crippen molar-refractivity contribution in [2.45, 2.75) is 44.4 Å². The first-order valence-electron chi connectivity index (χ1n) is 6.54. The number of hydrogen-bond donors (Lipinski definition) is 0. The van der Waals surface area contributed by atoms with Crippen molar-refractivity contribution in [2.24, 2.45) is 0 Å². The van der Waals surface area contributed by atoms with Gasteiger partial charge in [0.1, 0.15) is 0 Å². The second-order valence-corrected chi connectivity index (χ2v) is 4.66. The Morgan fingerprint density at radius 2 is 1.52 bits per heavy atom. The first-order chi connectivity index (χ1) is 9.05. The minimum atomic E-state index is -2.05. The van der Waals surface area contributed by atoms with Crippen LogP contribution in [0.3, 0.4) is 0 Å². The van der Waals surface area contributed by atoms with Gasteiger partial charge in [0.05, 0.1) is 17.4 Å². The zero-order valence-electron chi connectivity index (χ0n) is 13.1. The van der Waals surface area contributed by atoms with Gasteiger partial charge in [0.15, 0.2) is 0 Å². The van der Waals surface area contributed by atoms with E-state index in [1.165, 1.54) is 12.1 Å². The Kier molecular flexibility index (Phi) is 14.0. The molecule has 0 aliphatic heterocycles. The van der Waals surface area contributed by atoms with Gasteiger partial charge in [-0.2, -0.15) is 0 Å². The molecule has 0 saturated heterocycles. The van der Waals surface area contributed by atoms with Crippen molar-refractivity contribution in [2.75, 3.05) is 0 Å². The van der Waals surface area contributed by atoms with Gasteiger partial charge < -0.3 is 19.8 Å². The molecule has 104 valence electrons. The summed E-state index contributed by atoms with van der Waals surface area (Å²) in [7, 11) is 0. The van der Waals surface area contributed by atoms with E-state index in [-0.39, 0.29) is 92.9 Å². The average Bonchev–Trinajstić information content (AvgIpc) is 2.39. The first-order valence-corrected chi connectivity index (χ1v) is 6.54. The number of carboxylic acids is 2. The van der Waals surface area contributed by atoms with Crippen molar-refractivity contribution in [3.05, 3.63) is 35.9 Å². The summed E-state index contributed by atoms with van der Waals surface area (Å²) in [6, 6.07) is 7.91. The van der Waals surface area contributed by atoms with Gasteiger partial charge in [-0.1, -0.05) is 62.9 Å². The molecule has 0 bridgehead atoms. The van der Waals surface area contributed by atoms with Crippen LogP contribution in [0.15, 0.2) is 30.3 Å². The maximum absolute atomic E-state index is 11.4. The molecule has 0 saturated carbocycles. The average molecular weight is 324 g/mol. The molecule has 1 rings (SSSR count). The van der Waals surface area contributed by atoms with Crippen LogP contribution in [0.5, 0.6) is 0 Å². The van der Waals surface area contributed by atoms with Gasteiger partial charge >= 0.3 is 80.9 Å². The van der Waals surface area contributed by atoms with Gasteiger partial charge in [-0.25, -0.2) is 0 Å². The number of hydrogen-bond acceptors (Lipinski definition) is 4. The molecular formula is C15H18KNaO4. The summed E-state index contributed by atoms with van der Waals surface area (Å²) in [5.41, 5.74) is -1.83. The van der Waals surface area contributed by atoms with Crippen LogP contribution in [0.2, 0.25) is 0 Å². The van der Waals surface area contributed by atoms with Crippen molar-refractivity contribution in [1.29, 1.82) is 0 Å². The Morgan fingerprint density at radius 1 is 1.00 bits per heavy atom. The van der Waals surface area contributed by atoms with Crippen LogP contribution in [0.25, 0.3) is 0 Å². The van der Waals surface area contributed by atoms with E-state index in [0.29, 0.717) is 6.42 Å². The summed E-state index contributed by atoms with van der Waals surface area (Å²) in [5, 5.41) is 22.8. The van der Waals surface area contributed by atoms with Crippen molar-refractivity contribution in [3.8, 4) is 0 Å². The number of unbranched alkanes of at least 4 members (excludes halogenated alkanes) is 3. The van der Waals surface area contributed by atoms with E-state index in [4.69, 9.17) is 0 Å². The molecule has 0 aliphatic rings. The molecule has 0 atom stereocenters. The fourth-order valence-corrected chi connectivity index (χ4v) is 2.21. The number of carbonyl (C=O) groups is 2. The minimum Gasteiger partial charge on any atom is -0.549 e. The molecule has 0 fully saturated rings. The molecule has 0 spiro atoms. The van der Waals surface area contributed by atoms with Crippen molar-refractivity contribution in [3.63, 3.8) is 0 Å². The van der Waals surface area contributed by atoms with Gasteiger partial charge in [0.2, 0.25) is 0 Å². The maximum Gasteiger partial charge on any atom is 1.00 e. The molecule has 0 radical (unpaired) electrons. The molecular weight excluding hydrogens is 306 g/mol. The monoisotopic (exact) mass is 324 g/mol. The Balaban J connectivity index is 0. The van der Waals surface area contributed by atoms with E-state index in [1.54, 1.807) is 18.2 Å². The third-order valence-electron chi connectivity index (χ3n) is 3.37. The molecule has 6 heteroatoms. The second kappa shape index (κ2) is 12.2. The Labute approximate surface area is 190 Å². The Hall–Kier alpha value is 0.796. The van der Waals surface area contributed by atoms with Crippen LogP contribution in [0, 0.1) is 0 Å². The molecule has 21 heavy (non-hydrogen) atoms. The van der Waals surface area contributed by atoms with Crippen LogP contribution in [0.4, 0.5) is 0 Å². The van der Waals surface area contributed by atoms with E-state index >= 15 is 0 Å². The molecule has 1 aromatic rings. The number of carbonyl (C=O) groups excluding carboxylic acids is 2. The minimum absolute atomic E-state index is 0. The van der Waals surface area contributed by atoms with E-state index in [0.717, 1.165) is 19.3 Å². The predicted molar refractivity (Wildman–Crippen MR) is 66.9 cm³/mol. The van der Waals surface area contributed by atoms with E-state index in [1.807, 2.05) is 6.92 Å². The summed E-state index contributed by atoms with van der Waals surface area (Å²) in [6.45, 7) is 2.03. The normalized spacial score (nSPS) is 10.1. The molecule has 1 aromatic carbocycles. The van der Waals surface area contributed by atoms with Crippen molar-refractivity contribution < 1.29 is 101 Å². The summed E-state index contributed by atoms with van der Waals surface area (Å²) in [4.78, 5) is 22.8. The summed E-state index contributed by atoms with van der Waals surface area (Å²) < 4.78 is 0. The zero-order valence-corrected chi connectivity index (χ0v) is 18.2. The third-order valence-corrected chi connectivity index (χ3v) is 3.37. The molecule has 0 heterocycles. The number of rotatable bonds is 8. The van der Waals surface area contributed by atoms with E-state index in [2.05, 4.69) is 0 Å². The zero-order chi connectivity index (χ0) is 14.3. The molecule has 0 N–H and O–H groups in total. The van der Waals surface area contributed by atoms with Crippen LogP contribution >= 0.6 is 0 Å². The topological polar surface area (TPSA) is 80.3 Å². The smallest absolute Gasteiger partial charge is 0.549 e. The summed E-state index contributed by atoms with van der Waals surface area (Å²) in [5.74, 6) is -3.20. The maximum atomic E-state index is 11.4. The van der Waals surface area contributed by atoms with Gasteiger partial charge in [-0.05, 0) is 12.0 Å². The molecule has 0 aliphatic carbocycles. The first kappa shape index (κ1) is 24.1. The van der Waals surface area contributed by atoms with E-state index < -0.39 is 17.4 Å². The fraction of sp³-hybridized carbons (Fsp3) is 0.467. The SMILES string of the molecule is CCCCCCC(C(=O)[O-])(C(=O)[O-])c1ccccc1.[K+].[Na+]. The van der Waals surface area contributed by atoms with Gasteiger partial charge in [0, 0.05) is 0 Å². The van der Waals surface area contributed by atoms with Crippen molar-refractivity contribution in [1.82, 2.24) is 0 Å². The Morgan fingerprint density at radius 3 is 1.95 bits per heavy atom. The quantitative estimate of drug-likeness (QED) is 0.271. The molecule has 0 aromatic heterocycles. The van der Waals surface area contributed by atoms with Crippen LogP contribution in [0.1, 0.15) is 44.6 Å². The number of aliphatic carboxylic acids is 2. The van der Waals surface area contributed by atoms with Gasteiger partial charge in [-0.15, -0.1) is 0 Å². The Bertz CT molecular complexity index is 423. The van der Waals surface area contributed by atoms with Crippen molar-refractivity contribution >= 4 is 11.9 Å². The van der Waals surface area contributed by atoms with Gasteiger partial charge in [-0.3, -0.25) is 0 Å². The van der Waals surface area contributed by atoms with Gasteiger partial charge in [0.25, 0.3) is 0 Å². The number of carboxylic acid groups (broad SMARTS) is 2. The second-order valence-electron chi connectivity index (χ2n) is 4.66. The molecule has 0 amide bonds. The molecule has 0 unspecified atom stereocenters. The number of benzene rings is 1. The fourth-order valence-electron chi connectivity index (χ4n) is 2.21. The van der Waals surface area contributed by atoms with Crippen LogP contribution < -0.4 is 91.2 Å². The van der Waals surface area contributed by atoms with Crippen LogP contribution in [-0.4, -0.2) is 11.9 Å². The summed E-state index contributed by atoms with van der Waals surface area (Å²) >= 11 is 0. The third kappa shape index (κ3) is 6.43. The standard InChI is InChI=1S/C15H20O4.K.Na/c1-2-3-4-8-11-15(13(16)17,14(18)19)12-9-6-5-7-10-12;;/h5-7,9-10H,2-4,8,11H2,1H3,(H,16,17)(H,18,19);;/q;2*+1/p-2. The van der Waals surface area contributed by atoms with E-state index in [9.17, 15) is 19.8 Å². The predicted octanol–water partition coefficient (Wildman–Crippen LogP) is -5.60.